The van der Waals surface area contributed by atoms with Gasteiger partial charge in [-0.1, -0.05) is 0 Å². The van der Waals surface area contributed by atoms with Crippen LogP contribution in [0.25, 0.3) is 0 Å². The van der Waals surface area contributed by atoms with E-state index in [1.807, 2.05) is 0 Å². The monoisotopic (exact) mass is 620 g/mol. The van der Waals surface area contributed by atoms with Crippen molar-refractivity contribution >= 4 is 32.6 Å². The van der Waals surface area contributed by atoms with Crippen molar-refractivity contribution in [3.63, 3.8) is 0 Å². The average Bonchev–Trinajstić information content (AvgIpc) is 2.62. The molecule has 0 radical (unpaired) electrons. The second-order valence-electron chi connectivity index (χ2n) is 4.97. The zero-order valence-corrected chi connectivity index (χ0v) is 15.8. The Morgan fingerprint density at radius 3 is 1.03 bits per heavy atom. The third-order valence-corrected chi connectivity index (χ3v) is 6.24. The van der Waals surface area contributed by atoms with Crippen LogP contribution in [0.2, 0.25) is 0 Å². The first-order valence-corrected chi connectivity index (χ1v) is 9.49. The first kappa shape index (κ1) is 27.9. The molecule has 0 N–H and O–H groups in total. The van der Waals surface area contributed by atoms with Crippen LogP contribution in [0.1, 0.15) is 0 Å². The van der Waals surface area contributed by atoms with E-state index in [9.17, 15) is 75.4 Å². The third kappa shape index (κ3) is 4.92. The van der Waals surface area contributed by atoms with Gasteiger partial charge in [0.2, 0.25) is 0 Å². The molecule has 1 aromatic rings. The van der Waals surface area contributed by atoms with Gasteiger partial charge < -0.3 is 0 Å². The maximum absolute atomic E-state index is 13.7. The normalized spacial score (nSPS) is 13.7. The molecule has 0 fully saturated rings. The minimum atomic E-state index is -6.86. The van der Waals surface area contributed by atoms with E-state index in [0.29, 0.717) is 0 Å². The average molecular weight is 620 g/mol. The van der Waals surface area contributed by atoms with E-state index in [-0.39, 0.29) is 0 Å². The van der Waals surface area contributed by atoms with Gasteiger partial charge in [-0.2, -0.15) is 0 Å². The Labute approximate surface area is 171 Å². The van der Waals surface area contributed by atoms with Crippen molar-refractivity contribution in [1.29, 1.82) is 0 Å². The Morgan fingerprint density at radius 2 is 0.781 bits per heavy atom. The molecule has 1 rings (SSSR count). The molecule has 0 saturated carbocycles. The molecule has 0 aliphatic heterocycles. The minimum absolute atomic E-state index is 2.80. The number of rotatable bonds is 5. The molecule has 0 heterocycles. The van der Waals surface area contributed by atoms with Crippen molar-refractivity contribution in [2.75, 3.05) is 0 Å². The molecular weight excluding hydrogens is 620 g/mol. The standard InChI is InChI=1S/C12F15IO4/c13-1-2(14)4(16)6(5(17)3(1)15)28(31-7(29)9(18,19)11(22,23)24)32-8(30)10(20,21)12(25,26)27. The van der Waals surface area contributed by atoms with E-state index >= 15 is 0 Å². The molecule has 0 spiro atoms. The fourth-order valence-electron chi connectivity index (χ4n) is 1.26. The molecule has 0 aliphatic rings. The Morgan fingerprint density at radius 1 is 0.531 bits per heavy atom. The summed E-state index contributed by atoms with van der Waals surface area (Å²) in [7, 11) is 0. The summed E-state index contributed by atoms with van der Waals surface area (Å²) in [5.74, 6) is -36.8. The zero-order chi connectivity index (χ0) is 25.6. The Balaban J connectivity index is 3.65. The second kappa shape index (κ2) is 8.65. The summed E-state index contributed by atoms with van der Waals surface area (Å²) < 4.78 is 195. The second-order valence-corrected chi connectivity index (χ2v) is 8.17. The molecule has 0 bridgehead atoms. The number of carbonyl (C=O) groups is 2. The molecule has 0 saturated heterocycles. The molecule has 32 heavy (non-hydrogen) atoms. The van der Waals surface area contributed by atoms with Crippen LogP contribution in [-0.4, -0.2) is 36.1 Å². The molecule has 0 unspecified atom stereocenters. The number of alkyl halides is 10. The maximum atomic E-state index is 13.7. The van der Waals surface area contributed by atoms with Crippen molar-refractivity contribution < 1.29 is 81.6 Å². The molecule has 20 heteroatoms. The predicted octanol–water partition coefficient (Wildman–Crippen LogP) is 5.37. The van der Waals surface area contributed by atoms with Crippen LogP contribution < -0.4 is 0 Å². The summed E-state index contributed by atoms with van der Waals surface area (Å²) in [6.07, 6.45) is -13.7. The summed E-state index contributed by atoms with van der Waals surface area (Å²) in [5.41, 5.74) is 0. The van der Waals surface area contributed by atoms with E-state index in [0.717, 1.165) is 0 Å². The van der Waals surface area contributed by atoms with Gasteiger partial charge in [0.05, 0.1) is 0 Å². The van der Waals surface area contributed by atoms with Gasteiger partial charge in [-0.05, 0) is 0 Å². The molecule has 0 amide bonds. The van der Waals surface area contributed by atoms with Crippen LogP contribution >= 0.6 is 20.6 Å². The SMILES string of the molecule is O=C(OI(OC(=O)C(F)(F)C(F)(F)F)c1c(F)c(F)c(F)c(F)c1F)C(F)(F)C(F)(F)F. The van der Waals surface area contributed by atoms with Crippen molar-refractivity contribution in [2.45, 2.75) is 24.2 Å². The van der Waals surface area contributed by atoms with Crippen LogP contribution in [0.3, 0.4) is 0 Å². The zero-order valence-electron chi connectivity index (χ0n) is 13.7. The van der Waals surface area contributed by atoms with Crippen molar-refractivity contribution in [1.82, 2.24) is 0 Å². The summed E-state index contributed by atoms with van der Waals surface area (Å²) >= 11 is -6.49. The summed E-state index contributed by atoms with van der Waals surface area (Å²) in [6, 6.07) is 0. The van der Waals surface area contributed by atoms with E-state index in [1.165, 1.54) is 0 Å². The molecular formula is C12F15IO4. The van der Waals surface area contributed by atoms with E-state index in [2.05, 4.69) is 6.13 Å². The van der Waals surface area contributed by atoms with Gasteiger partial charge in [-0.15, -0.1) is 0 Å². The van der Waals surface area contributed by atoms with E-state index in [1.54, 1.807) is 0 Å². The Hall–Kier alpha value is -2.16. The first-order chi connectivity index (χ1) is 14.1. The van der Waals surface area contributed by atoms with Crippen LogP contribution in [-0.2, 0) is 15.7 Å². The number of hydrogen-bond acceptors (Lipinski definition) is 4. The summed E-state index contributed by atoms with van der Waals surface area (Å²) in [4.78, 5) is 22.0. The van der Waals surface area contributed by atoms with Gasteiger partial charge in [0, 0.05) is 0 Å². The van der Waals surface area contributed by atoms with Crippen LogP contribution in [0.15, 0.2) is 0 Å². The third-order valence-electron chi connectivity index (χ3n) is 2.82. The van der Waals surface area contributed by atoms with E-state index in [4.69, 9.17) is 0 Å². The van der Waals surface area contributed by atoms with Crippen molar-refractivity contribution in [2.24, 2.45) is 0 Å². The number of hydrogen-bond donors (Lipinski definition) is 0. The number of carbonyl (C=O) groups excluding carboxylic acids is 2. The summed E-state index contributed by atoms with van der Waals surface area (Å²) in [5, 5.41) is 0. The van der Waals surface area contributed by atoms with Crippen molar-refractivity contribution in [3.8, 4) is 0 Å². The van der Waals surface area contributed by atoms with Crippen molar-refractivity contribution in [3.05, 3.63) is 32.7 Å². The number of halogens is 16. The first-order valence-electron chi connectivity index (χ1n) is 6.65. The van der Waals surface area contributed by atoms with Gasteiger partial charge in [0.1, 0.15) is 0 Å². The van der Waals surface area contributed by atoms with Gasteiger partial charge in [0.15, 0.2) is 0 Å². The van der Waals surface area contributed by atoms with Crippen LogP contribution in [0, 0.1) is 32.7 Å². The van der Waals surface area contributed by atoms with Crippen LogP contribution in [0.4, 0.5) is 65.9 Å². The van der Waals surface area contributed by atoms with E-state index < -0.39 is 89.4 Å². The molecule has 0 aliphatic carbocycles. The molecule has 1 aromatic carbocycles. The molecule has 0 aromatic heterocycles. The van der Waals surface area contributed by atoms with Crippen LogP contribution in [0.5, 0.6) is 0 Å². The Kier molecular flexibility index (Phi) is 7.53. The van der Waals surface area contributed by atoms with Gasteiger partial charge in [0.25, 0.3) is 0 Å². The topological polar surface area (TPSA) is 52.6 Å². The fourth-order valence-corrected chi connectivity index (χ4v) is 4.32. The Bertz CT molecular complexity index is 853. The van der Waals surface area contributed by atoms with Gasteiger partial charge in [-0.3, -0.25) is 0 Å². The predicted molar refractivity (Wildman–Crippen MR) is 73.1 cm³/mol. The fraction of sp³-hybridized carbons (Fsp3) is 0.333. The molecule has 0 atom stereocenters. The number of benzene rings is 1. The summed E-state index contributed by atoms with van der Waals surface area (Å²) in [6.45, 7) is 0. The quantitative estimate of drug-likeness (QED) is 0.193. The van der Waals surface area contributed by atoms with Gasteiger partial charge in [-0.25, -0.2) is 0 Å². The molecule has 184 valence electrons. The molecule has 4 nitrogen and oxygen atoms in total. The van der Waals surface area contributed by atoms with Gasteiger partial charge >= 0.3 is 171 Å².